The summed E-state index contributed by atoms with van der Waals surface area (Å²) < 4.78 is 48.5. The summed E-state index contributed by atoms with van der Waals surface area (Å²) in [5, 5.41) is 3.71. The standard InChI is InChI=1S/C21H25N3O8S/c1-14-11-17(32-22-14)21(26)23-7-9-24(10-8-23)33(27,28)18-13-15(5-6-19(25)30-3)12-16(29-2)20(18)31-4/h5-6,11-13H,7-10H2,1-4H3/b6-5+. The quantitative estimate of drug-likeness (QED) is 0.427. The van der Waals surface area contributed by atoms with E-state index in [0.29, 0.717) is 11.3 Å². The molecule has 1 amide bonds. The van der Waals surface area contributed by atoms with Crippen LogP contribution < -0.4 is 9.47 Å². The van der Waals surface area contributed by atoms with Gasteiger partial charge in [0.15, 0.2) is 11.5 Å². The van der Waals surface area contributed by atoms with Crippen molar-refractivity contribution in [3.05, 3.63) is 41.3 Å². The molecule has 1 aliphatic rings. The molecular formula is C21H25N3O8S. The van der Waals surface area contributed by atoms with Crippen LogP contribution in [0.3, 0.4) is 0 Å². The molecule has 1 aromatic carbocycles. The molecule has 0 aliphatic carbocycles. The molecule has 0 radical (unpaired) electrons. The lowest BCUT2D eigenvalue weighted by molar-refractivity contribution is -0.134. The summed E-state index contributed by atoms with van der Waals surface area (Å²) in [4.78, 5) is 25.4. The molecule has 0 unspecified atom stereocenters. The van der Waals surface area contributed by atoms with Gasteiger partial charge < -0.3 is 23.6 Å². The first kappa shape index (κ1) is 24.3. The first-order valence-electron chi connectivity index (χ1n) is 9.96. The smallest absolute Gasteiger partial charge is 0.330 e. The lowest BCUT2D eigenvalue weighted by Gasteiger charge is -2.33. The average molecular weight is 480 g/mol. The minimum absolute atomic E-state index is 0.0448. The van der Waals surface area contributed by atoms with Crippen LogP contribution in [0.25, 0.3) is 6.08 Å². The van der Waals surface area contributed by atoms with Gasteiger partial charge in [-0.25, -0.2) is 13.2 Å². The van der Waals surface area contributed by atoms with Gasteiger partial charge in [0, 0.05) is 38.3 Å². The second-order valence-electron chi connectivity index (χ2n) is 7.14. The van der Waals surface area contributed by atoms with Gasteiger partial charge in [-0.2, -0.15) is 4.31 Å². The summed E-state index contributed by atoms with van der Waals surface area (Å²) >= 11 is 0. The van der Waals surface area contributed by atoms with Crippen molar-refractivity contribution in [2.75, 3.05) is 47.5 Å². The van der Waals surface area contributed by atoms with Crippen molar-refractivity contribution < 1.29 is 36.7 Å². The zero-order valence-corrected chi connectivity index (χ0v) is 19.5. The first-order valence-corrected chi connectivity index (χ1v) is 11.4. The van der Waals surface area contributed by atoms with Gasteiger partial charge in [-0.1, -0.05) is 5.16 Å². The van der Waals surface area contributed by atoms with Crippen molar-refractivity contribution >= 4 is 28.0 Å². The molecule has 3 rings (SSSR count). The normalized spacial score (nSPS) is 15.0. The number of benzene rings is 1. The molecule has 0 spiro atoms. The number of aryl methyl sites for hydroxylation is 1. The van der Waals surface area contributed by atoms with Crippen LogP contribution in [0.4, 0.5) is 0 Å². The highest BCUT2D eigenvalue weighted by Gasteiger charge is 2.34. The highest BCUT2D eigenvalue weighted by molar-refractivity contribution is 7.89. The number of rotatable bonds is 7. The minimum atomic E-state index is -4.01. The number of methoxy groups -OCH3 is 3. The highest BCUT2D eigenvalue weighted by atomic mass is 32.2. The molecule has 178 valence electrons. The van der Waals surface area contributed by atoms with E-state index in [1.807, 2.05) is 0 Å². The first-order chi connectivity index (χ1) is 15.7. The third-order valence-electron chi connectivity index (χ3n) is 5.06. The van der Waals surface area contributed by atoms with Gasteiger partial charge in [0.2, 0.25) is 15.8 Å². The fourth-order valence-electron chi connectivity index (χ4n) is 3.36. The number of hydrogen-bond donors (Lipinski definition) is 0. The Kier molecular flexibility index (Phi) is 7.39. The maximum Gasteiger partial charge on any atom is 0.330 e. The van der Waals surface area contributed by atoms with Gasteiger partial charge in [-0.05, 0) is 30.7 Å². The Morgan fingerprint density at radius 3 is 2.30 bits per heavy atom. The van der Waals surface area contributed by atoms with Gasteiger partial charge in [-0.15, -0.1) is 0 Å². The van der Waals surface area contributed by atoms with Crippen LogP contribution in [0.5, 0.6) is 11.5 Å². The summed E-state index contributed by atoms with van der Waals surface area (Å²) in [7, 11) is -0.0373. The fraction of sp³-hybridized carbons (Fsp3) is 0.381. The van der Waals surface area contributed by atoms with Crippen LogP contribution in [0.15, 0.2) is 33.7 Å². The van der Waals surface area contributed by atoms with Gasteiger partial charge in [0.1, 0.15) is 4.90 Å². The fourth-order valence-corrected chi connectivity index (χ4v) is 4.99. The van der Waals surface area contributed by atoms with Crippen LogP contribution >= 0.6 is 0 Å². The van der Waals surface area contributed by atoms with Crippen LogP contribution in [-0.2, 0) is 19.6 Å². The molecule has 0 bridgehead atoms. The Morgan fingerprint density at radius 2 is 1.76 bits per heavy atom. The number of sulfonamides is 1. The Balaban J connectivity index is 1.86. The molecule has 2 heterocycles. The van der Waals surface area contributed by atoms with Crippen molar-refractivity contribution in [2.24, 2.45) is 0 Å². The monoisotopic (exact) mass is 479 g/mol. The number of aromatic nitrogens is 1. The number of piperazine rings is 1. The summed E-state index contributed by atoms with van der Waals surface area (Å²) in [5.74, 6) is -0.583. The molecule has 11 nitrogen and oxygen atoms in total. The zero-order chi connectivity index (χ0) is 24.2. The van der Waals surface area contributed by atoms with Crippen LogP contribution in [0, 0.1) is 6.92 Å². The van der Waals surface area contributed by atoms with Gasteiger partial charge in [0.05, 0.1) is 27.0 Å². The van der Waals surface area contributed by atoms with Gasteiger partial charge >= 0.3 is 5.97 Å². The van der Waals surface area contributed by atoms with Gasteiger partial charge in [-0.3, -0.25) is 4.79 Å². The number of hydrogen-bond acceptors (Lipinski definition) is 9. The molecular weight excluding hydrogens is 454 g/mol. The van der Waals surface area contributed by atoms with Crippen molar-refractivity contribution in [3.8, 4) is 11.5 Å². The SMILES string of the molecule is COC(=O)/C=C/c1cc(OC)c(OC)c(S(=O)(=O)N2CCN(C(=O)c3cc(C)no3)CC2)c1. The zero-order valence-electron chi connectivity index (χ0n) is 18.7. The van der Waals surface area contributed by atoms with E-state index >= 15 is 0 Å². The largest absolute Gasteiger partial charge is 0.493 e. The Labute approximate surface area is 191 Å². The maximum absolute atomic E-state index is 13.5. The Bertz CT molecular complexity index is 1160. The molecule has 0 N–H and O–H groups in total. The number of esters is 1. The molecule has 0 saturated carbocycles. The van der Waals surface area contributed by atoms with Crippen LogP contribution in [-0.4, -0.2) is 82.2 Å². The molecule has 12 heteroatoms. The number of carbonyl (C=O) groups excluding carboxylic acids is 2. The van der Waals surface area contributed by atoms with Crippen molar-refractivity contribution in [1.82, 2.24) is 14.4 Å². The lowest BCUT2D eigenvalue weighted by Crippen LogP contribution is -2.50. The molecule has 1 saturated heterocycles. The number of nitrogens with zero attached hydrogens (tertiary/aromatic N) is 3. The number of ether oxygens (including phenoxy) is 3. The Morgan fingerprint density at radius 1 is 1.06 bits per heavy atom. The maximum atomic E-state index is 13.5. The minimum Gasteiger partial charge on any atom is -0.493 e. The van der Waals surface area contributed by atoms with E-state index in [4.69, 9.17) is 14.0 Å². The number of amides is 1. The van der Waals surface area contributed by atoms with Crippen LogP contribution in [0.1, 0.15) is 21.8 Å². The van der Waals surface area contributed by atoms with E-state index in [1.54, 1.807) is 13.0 Å². The average Bonchev–Trinajstić information content (AvgIpc) is 3.27. The van der Waals surface area contributed by atoms with Crippen LogP contribution in [0.2, 0.25) is 0 Å². The van der Waals surface area contributed by atoms with E-state index in [2.05, 4.69) is 9.89 Å². The molecule has 1 aromatic heterocycles. The Hall–Kier alpha value is -3.38. The summed E-state index contributed by atoms with van der Waals surface area (Å²) in [6, 6.07) is 4.48. The molecule has 1 fully saturated rings. The summed E-state index contributed by atoms with van der Waals surface area (Å²) in [5.41, 5.74) is 0.993. The van der Waals surface area contributed by atoms with Crippen molar-refractivity contribution in [1.29, 1.82) is 0 Å². The molecule has 2 aromatic rings. The van der Waals surface area contributed by atoms with Gasteiger partial charge in [0.25, 0.3) is 5.91 Å². The second kappa shape index (κ2) is 10.0. The highest BCUT2D eigenvalue weighted by Crippen LogP contribution is 2.37. The van der Waals surface area contributed by atoms with Crippen molar-refractivity contribution in [2.45, 2.75) is 11.8 Å². The molecule has 0 atom stereocenters. The lowest BCUT2D eigenvalue weighted by atomic mass is 10.2. The predicted octanol–water partition coefficient (Wildman–Crippen LogP) is 1.33. The molecule has 1 aliphatic heterocycles. The van der Waals surface area contributed by atoms with E-state index in [0.717, 1.165) is 0 Å². The van der Waals surface area contributed by atoms with E-state index in [1.165, 1.54) is 54.8 Å². The van der Waals surface area contributed by atoms with E-state index in [-0.39, 0.29) is 54.2 Å². The summed E-state index contributed by atoms with van der Waals surface area (Å²) in [6.45, 7) is 2.23. The predicted molar refractivity (Wildman–Crippen MR) is 116 cm³/mol. The third kappa shape index (κ3) is 5.17. The van der Waals surface area contributed by atoms with E-state index in [9.17, 15) is 18.0 Å². The van der Waals surface area contributed by atoms with E-state index < -0.39 is 16.0 Å². The number of carbonyl (C=O) groups is 2. The topological polar surface area (TPSA) is 128 Å². The summed E-state index contributed by atoms with van der Waals surface area (Å²) in [6.07, 6.45) is 2.59. The second-order valence-corrected chi connectivity index (χ2v) is 9.05. The third-order valence-corrected chi connectivity index (χ3v) is 6.97. The van der Waals surface area contributed by atoms with Crippen molar-refractivity contribution in [3.63, 3.8) is 0 Å². The molecule has 33 heavy (non-hydrogen) atoms.